The van der Waals surface area contributed by atoms with Crippen molar-refractivity contribution in [3.8, 4) is 11.5 Å². The van der Waals surface area contributed by atoms with Gasteiger partial charge in [0.2, 0.25) is 0 Å². The highest BCUT2D eigenvalue weighted by atomic mass is 32.1. The quantitative estimate of drug-likeness (QED) is 0.372. The number of hydrogen-bond acceptors (Lipinski definition) is 4. The second-order valence-electron chi connectivity index (χ2n) is 6.69. The lowest BCUT2D eigenvalue weighted by molar-refractivity contribution is 0.0973. The molecule has 2 aromatic rings. The molecule has 0 aromatic heterocycles. The molecule has 0 aliphatic rings. The fraction of sp³-hybridized carbons (Fsp3) is 0.391. The summed E-state index contributed by atoms with van der Waals surface area (Å²) in [4.78, 5) is 12.7. The van der Waals surface area contributed by atoms with Gasteiger partial charge < -0.3 is 14.8 Å². The van der Waals surface area contributed by atoms with Gasteiger partial charge >= 0.3 is 0 Å². The van der Waals surface area contributed by atoms with Gasteiger partial charge in [-0.15, -0.1) is 0 Å². The maximum atomic E-state index is 12.7. The Hall–Kier alpha value is -2.60. The number of rotatable bonds is 11. The van der Waals surface area contributed by atoms with Gasteiger partial charge in [0.1, 0.15) is 11.5 Å². The van der Waals surface area contributed by atoms with Crippen LogP contribution in [0.5, 0.6) is 11.5 Å². The minimum absolute atomic E-state index is 0.223. The van der Waals surface area contributed by atoms with Gasteiger partial charge in [0.25, 0.3) is 5.91 Å². The number of amides is 1. The van der Waals surface area contributed by atoms with Crippen LogP contribution in [0.1, 0.15) is 56.3 Å². The molecule has 0 bridgehead atoms. The molecule has 2 rings (SSSR count). The third-order valence-corrected chi connectivity index (χ3v) is 4.38. The Morgan fingerprint density at radius 2 is 1.76 bits per heavy atom. The van der Waals surface area contributed by atoms with Crippen LogP contribution in [-0.4, -0.2) is 24.2 Å². The van der Waals surface area contributed by atoms with E-state index in [1.165, 1.54) is 12.8 Å². The van der Waals surface area contributed by atoms with Gasteiger partial charge in [0.15, 0.2) is 5.11 Å². The van der Waals surface area contributed by atoms with Crippen molar-refractivity contribution >= 4 is 28.9 Å². The standard InChI is InChI=1S/C23H30N2O3S/c1-3-5-6-9-16-28-21-14-8-7-13-20(21)22(26)25-23(29)24-18-11-10-12-19(17-18)27-15-4-2/h7-8,10-14,17H,3-6,9,15-16H2,1-2H3,(H2,24,25,26,29). The van der Waals surface area contributed by atoms with Crippen LogP contribution in [0.2, 0.25) is 0 Å². The lowest BCUT2D eigenvalue weighted by Gasteiger charge is -2.13. The number of nitrogens with one attached hydrogen (secondary N) is 2. The summed E-state index contributed by atoms with van der Waals surface area (Å²) in [6, 6.07) is 14.7. The van der Waals surface area contributed by atoms with E-state index in [9.17, 15) is 4.79 Å². The van der Waals surface area contributed by atoms with Crippen LogP contribution in [0.25, 0.3) is 0 Å². The first-order valence-corrected chi connectivity index (χ1v) is 10.6. The van der Waals surface area contributed by atoms with Crippen molar-refractivity contribution in [1.82, 2.24) is 5.32 Å². The maximum absolute atomic E-state index is 12.7. The van der Waals surface area contributed by atoms with E-state index in [-0.39, 0.29) is 11.0 Å². The predicted octanol–water partition coefficient (Wildman–Crippen LogP) is 5.56. The first-order chi connectivity index (χ1) is 14.1. The van der Waals surface area contributed by atoms with Crippen LogP contribution in [-0.2, 0) is 0 Å². The van der Waals surface area contributed by atoms with Crippen LogP contribution in [0, 0.1) is 0 Å². The molecule has 0 fully saturated rings. The molecule has 0 atom stereocenters. The molecular weight excluding hydrogens is 384 g/mol. The van der Waals surface area contributed by atoms with Gasteiger partial charge in [-0.3, -0.25) is 10.1 Å². The Bertz CT molecular complexity index is 795. The van der Waals surface area contributed by atoms with Crippen molar-refractivity contribution < 1.29 is 14.3 Å². The van der Waals surface area contributed by atoms with Crippen molar-refractivity contribution in [2.75, 3.05) is 18.5 Å². The lowest BCUT2D eigenvalue weighted by atomic mass is 10.2. The average molecular weight is 415 g/mol. The van der Waals surface area contributed by atoms with E-state index in [4.69, 9.17) is 21.7 Å². The van der Waals surface area contributed by atoms with E-state index >= 15 is 0 Å². The van der Waals surface area contributed by atoms with E-state index in [1.54, 1.807) is 12.1 Å². The molecule has 0 spiro atoms. The summed E-state index contributed by atoms with van der Waals surface area (Å²) in [6.45, 7) is 5.48. The number of hydrogen-bond donors (Lipinski definition) is 2. The minimum atomic E-state index is -0.301. The second-order valence-corrected chi connectivity index (χ2v) is 7.10. The summed E-state index contributed by atoms with van der Waals surface area (Å²) in [5.74, 6) is 1.03. The van der Waals surface area contributed by atoms with Crippen LogP contribution >= 0.6 is 12.2 Å². The molecule has 0 heterocycles. The number of benzene rings is 2. The summed E-state index contributed by atoms with van der Waals surface area (Å²) in [7, 11) is 0. The first kappa shape index (κ1) is 22.7. The molecule has 0 saturated carbocycles. The summed E-state index contributed by atoms with van der Waals surface area (Å²) >= 11 is 5.30. The Labute approximate surface area is 178 Å². The van der Waals surface area contributed by atoms with Crippen molar-refractivity contribution in [3.63, 3.8) is 0 Å². The summed E-state index contributed by atoms with van der Waals surface area (Å²) < 4.78 is 11.4. The zero-order valence-electron chi connectivity index (χ0n) is 17.2. The normalized spacial score (nSPS) is 10.3. The van der Waals surface area contributed by atoms with E-state index in [0.717, 1.165) is 30.7 Å². The minimum Gasteiger partial charge on any atom is -0.494 e. The highest BCUT2D eigenvalue weighted by Crippen LogP contribution is 2.20. The molecule has 0 unspecified atom stereocenters. The van der Waals surface area contributed by atoms with Gasteiger partial charge in [0, 0.05) is 11.8 Å². The third-order valence-electron chi connectivity index (χ3n) is 4.18. The van der Waals surface area contributed by atoms with Gasteiger partial charge in [-0.25, -0.2) is 0 Å². The van der Waals surface area contributed by atoms with E-state index < -0.39 is 0 Å². The Balaban J connectivity index is 1.92. The van der Waals surface area contributed by atoms with Crippen molar-refractivity contribution in [1.29, 1.82) is 0 Å². The topological polar surface area (TPSA) is 59.6 Å². The number of ether oxygens (including phenoxy) is 2. The molecule has 6 heteroatoms. The molecule has 0 saturated heterocycles. The number of anilines is 1. The fourth-order valence-corrected chi connectivity index (χ4v) is 2.92. The monoisotopic (exact) mass is 414 g/mol. The average Bonchev–Trinajstić information content (AvgIpc) is 2.72. The van der Waals surface area contributed by atoms with Crippen LogP contribution in [0.4, 0.5) is 5.69 Å². The molecule has 1 amide bonds. The maximum Gasteiger partial charge on any atom is 0.261 e. The molecule has 0 aliphatic carbocycles. The summed E-state index contributed by atoms with van der Waals surface area (Å²) in [6.07, 6.45) is 5.40. The Morgan fingerprint density at radius 1 is 0.931 bits per heavy atom. The summed E-state index contributed by atoms with van der Waals surface area (Å²) in [5, 5.41) is 5.97. The summed E-state index contributed by atoms with van der Waals surface area (Å²) in [5.41, 5.74) is 1.22. The molecule has 5 nitrogen and oxygen atoms in total. The number of thiocarbonyl (C=S) groups is 1. The fourth-order valence-electron chi connectivity index (χ4n) is 2.71. The van der Waals surface area contributed by atoms with Crippen LogP contribution < -0.4 is 20.1 Å². The molecule has 156 valence electrons. The zero-order chi connectivity index (χ0) is 20.9. The molecule has 29 heavy (non-hydrogen) atoms. The van der Waals surface area contributed by atoms with Crippen molar-refractivity contribution in [2.45, 2.75) is 46.0 Å². The first-order valence-electron chi connectivity index (χ1n) is 10.2. The van der Waals surface area contributed by atoms with E-state index in [2.05, 4.69) is 24.5 Å². The van der Waals surface area contributed by atoms with Gasteiger partial charge in [-0.05, 0) is 49.3 Å². The van der Waals surface area contributed by atoms with Gasteiger partial charge in [0.05, 0.1) is 18.8 Å². The number of carbonyl (C=O) groups is 1. The number of carbonyl (C=O) groups excluding carboxylic acids is 1. The number of para-hydroxylation sites is 1. The van der Waals surface area contributed by atoms with Crippen molar-refractivity contribution in [3.05, 3.63) is 54.1 Å². The number of unbranched alkanes of at least 4 members (excludes halogenated alkanes) is 3. The van der Waals surface area contributed by atoms with E-state index in [0.29, 0.717) is 24.5 Å². The van der Waals surface area contributed by atoms with Crippen LogP contribution in [0.3, 0.4) is 0 Å². The van der Waals surface area contributed by atoms with Gasteiger partial charge in [-0.2, -0.15) is 0 Å². The van der Waals surface area contributed by atoms with Crippen LogP contribution in [0.15, 0.2) is 48.5 Å². The highest BCUT2D eigenvalue weighted by Gasteiger charge is 2.13. The smallest absolute Gasteiger partial charge is 0.261 e. The molecular formula is C23H30N2O3S. The lowest BCUT2D eigenvalue weighted by Crippen LogP contribution is -2.34. The van der Waals surface area contributed by atoms with E-state index in [1.807, 2.05) is 36.4 Å². The molecule has 0 aliphatic heterocycles. The Kier molecular flexibility index (Phi) is 10.00. The largest absolute Gasteiger partial charge is 0.494 e. The van der Waals surface area contributed by atoms with Crippen molar-refractivity contribution in [2.24, 2.45) is 0 Å². The second kappa shape index (κ2) is 12.8. The third kappa shape index (κ3) is 8.11. The zero-order valence-corrected chi connectivity index (χ0v) is 18.0. The van der Waals surface area contributed by atoms with Gasteiger partial charge in [-0.1, -0.05) is 51.3 Å². The SMILES string of the molecule is CCCCCCOc1ccccc1C(=O)NC(=S)Nc1cccc(OCCC)c1. The Morgan fingerprint density at radius 3 is 2.55 bits per heavy atom. The molecule has 0 radical (unpaired) electrons. The predicted molar refractivity (Wildman–Crippen MR) is 122 cm³/mol. The molecule has 2 N–H and O–H groups in total. The highest BCUT2D eigenvalue weighted by molar-refractivity contribution is 7.80. The molecule has 2 aromatic carbocycles.